The van der Waals surface area contributed by atoms with Crippen LogP contribution in [0.25, 0.3) is 0 Å². The Morgan fingerprint density at radius 2 is 2.19 bits per heavy atom. The Balaban J connectivity index is 2.07. The van der Waals surface area contributed by atoms with Crippen molar-refractivity contribution in [2.45, 2.75) is 24.8 Å². The normalized spacial score (nSPS) is 21.5. The van der Waals surface area contributed by atoms with Gasteiger partial charge in [-0.2, -0.15) is 12.7 Å². The first-order valence-electron chi connectivity index (χ1n) is 6.47. The third-order valence-electron chi connectivity index (χ3n) is 3.35. The van der Waals surface area contributed by atoms with Gasteiger partial charge in [0.1, 0.15) is 5.82 Å². The quantitative estimate of drug-likeness (QED) is 0.627. The molecule has 1 fully saturated rings. The highest BCUT2D eigenvalue weighted by Gasteiger charge is 2.31. The smallest absolute Gasteiger partial charge is 0.274 e. The third-order valence-corrected chi connectivity index (χ3v) is 5.70. The molecule has 1 atom stereocenters. The summed E-state index contributed by atoms with van der Waals surface area (Å²) in [5, 5.41) is 4.94. The molecular formula is C10H19N5O4S2. The summed E-state index contributed by atoms with van der Waals surface area (Å²) < 4.78 is 50.2. The Labute approximate surface area is 124 Å². The number of aromatic amines is 1. The van der Waals surface area contributed by atoms with Crippen molar-refractivity contribution in [1.29, 1.82) is 0 Å². The highest BCUT2D eigenvalue weighted by Crippen LogP contribution is 2.22. The van der Waals surface area contributed by atoms with Gasteiger partial charge in [0.2, 0.25) is 0 Å². The van der Waals surface area contributed by atoms with Gasteiger partial charge in [-0.05, 0) is 25.7 Å². The van der Waals surface area contributed by atoms with Gasteiger partial charge in [0.25, 0.3) is 20.2 Å². The van der Waals surface area contributed by atoms with Gasteiger partial charge in [-0.1, -0.05) is 0 Å². The lowest BCUT2D eigenvalue weighted by Gasteiger charge is -2.31. The van der Waals surface area contributed by atoms with E-state index in [1.807, 2.05) is 0 Å². The number of H-pyrrole nitrogens is 1. The van der Waals surface area contributed by atoms with Gasteiger partial charge in [-0.15, -0.1) is 0 Å². The molecule has 0 amide bonds. The number of nitrogens with two attached hydrogens (primary N) is 1. The minimum atomic E-state index is -3.76. The van der Waals surface area contributed by atoms with Crippen LogP contribution in [0.1, 0.15) is 18.7 Å². The van der Waals surface area contributed by atoms with E-state index >= 15 is 0 Å². The lowest BCUT2D eigenvalue weighted by atomic mass is 10.0. The second-order valence-electron chi connectivity index (χ2n) is 5.10. The van der Waals surface area contributed by atoms with E-state index in [4.69, 9.17) is 5.14 Å². The molecule has 0 radical (unpaired) electrons. The van der Waals surface area contributed by atoms with E-state index < -0.39 is 20.2 Å². The summed E-state index contributed by atoms with van der Waals surface area (Å²) >= 11 is 0. The number of nitrogens with one attached hydrogen (secondary N) is 2. The summed E-state index contributed by atoms with van der Waals surface area (Å²) in [6.45, 7) is 2.47. The molecular weight excluding hydrogens is 318 g/mol. The number of aryl methyl sites for hydroxylation is 1. The number of piperidine rings is 1. The van der Waals surface area contributed by atoms with Crippen molar-refractivity contribution in [1.82, 2.24) is 19.0 Å². The van der Waals surface area contributed by atoms with Crippen LogP contribution in [0.15, 0.2) is 11.2 Å². The SMILES string of the molecule is Cc1ncc(S(=O)(=O)N2CCCC(CNS(N)(=O)=O)C2)[nH]1. The van der Waals surface area contributed by atoms with E-state index in [1.54, 1.807) is 6.92 Å². The van der Waals surface area contributed by atoms with Crippen molar-refractivity contribution in [2.24, 2.45) is 11.1 Å². The molecule has 0 saturated carbocycles. The van der Waals surface area contributed by atoms with E-state index in [9.17, 15) is 16.8 Å². The average molecular weight is 337 g/mol. The molecule has 2 heterocycles. The van der Waals surface area contributed by atoms with Gasteiger partial charge in [0.05, 0.1) is 6.20 Å². The molecule has 1 aromatic heterocycles. The second kappa shape index (κ2) is 6.01. The summed E-state index contributed by atoms with van der Waals surface area (Å²) in [7, 11) is -7.38. The first-order chi connectivity index (χ1) is 9.68. The van der Waals surface area contributed by atoms with Gasteiger partial charge in [-0.3, -0.25) is 0 Å². The number of aromatic nitrogens is 2. The lowest BCUT2D eigenvalue weighted by Crippen LogP contribution is -2.44. The van der Waals surface area contributed by atoms with Crippen LogP contribution in [-0.4, -0.2) is 50.7 Å². The van der Waals surface area contributed by atoms with Crippen LogP contribution in [0.3, 0.4) is 0 Å². The van der Waals surface area contributed by atoms with Crippen LogP contribution in [0.4, 0.5) is 0 Å². The molecule has 1 aliphatic rings. The Morgan fingerprint density at radius 3 is 2.76 bits per heavy atom. The van der Waals surface area contributed by atoms with Gasteiger partial charge in [-0.25, -0.2) is 23.3 Å². The Morgan fingerprint density at radius 1 is 1.48 bits per heavy atom. The first-order valence-corrected chi connectivity index (χ1v) is 9.46. The maximum atomic E-state index is 12.4. The zero-order chi connectivity index (χ0) is 15.7. The number of imidazole rings is 1. The van der Waals surface area contributed by atoms with Crippen molar-refractivity contribution in [2.75, 3.05) is 19.6 Å². The molecule has 11 heteroatoms. The van der Waals surface area contributed by atoms with Crippen molar-refractivity contribution in [3.63, 3.8) is 0 Å². The summed E-state index contributed by atoms with van der Waals surface area (Å²) in [6, 6.07) is 0. The number of rotatable bonds is 5. The fraction of sp³-hybridized carbons (Fsp3) is 0.700. The number of sulfonamides is 1. The van der Waals surface area contributed by atoms with Crippen LogP contribution >= 0.6 is 0 Å². The van der Waals surface area contributed by atoms with Crippen molar-refractivity contribution < 1.29 is 16.8 Å². The zero-order valence-electron chi connectivity index (χ0n) is 11.6. The standard InChI is InChI=1S/C10H19N5O4S2/c1-8-12-6-10(14-8)20(16,17)15-4-2-3-9(7-15)5-13-21(11,18)19/h6,9,13H,2-5,7H2,1H3,(H,12,14)(H2,11,18,19). The van der Waals surface area contributed by atoms with E-state index in [2.05, 4.69) is 14.7 Å². The number of hydrogen-bond acceptors (Lipinski definition) is 5. The third kappa shape index (κ3) is 4.23. The van der Waals surface area contributed by atoms with Gasteiger partial charge < -0.3 is 4.98 Å². The predicted molar refractivity (Wildman–Crippen MR) is 75.9 cm³/mol. The molecule has 0 spiro atoms. The molecule has 2 rings (SSSR count). The second-order valence-corrected chi connectivity index (χ2v) is 8.38. The fourth-order valence-electron chi connectivity index (χ4n) is 2.31. The molecule has 0 bridgehead atoms. The molecule has 9 nitrogen and oxygen atoms in total. The number of nitrogens with zero attached hydrogens (tertiary/aromatic N) is 2. The molecule has 1 aromatic rings. The topological polar surface area (TPSA) is 138 Å². The van der Waals surface area contributed by atoms with Crippen molar-refractivity contribution >= 4 is 20.2 Å². The maximum Gasteiger partial charge on any atom is 0.274 e. The predicted octanol–water partition coefficient (Wildman–Crippen LogP) is -1.09. The Bertz CT molecular complexity index is 697. The monoisotopic (exact) mass is 337 g/mol. The summed E-state index contributed by atoms with van der Waals surface area (Å²) in [5.41, 5.74) is 0. The minimum absolute atomic E-state index is 0.0556. The summed E-state index contributed by atoms with van der Waals surface area (Å²) in [4.78, 5) is 6.61. The highest BCUT2D eigenvalue weighted by atomic mass is 32.2. The molecule has 1 saturated heterocycles. The Kier molecular flexibility index (Phi) is 4.68. The average Bonchev–Trinajstić information content (AvgIpc) is 2.83. The molecule has 4 N–H and O–H groups in total. The van der Waals surface area contributed by atoms with Crippen LogP contribution in [0, 0.1) is 12.8 Å². The molecule has 21 heavy (non-hydrogen) atoms. The van der Waals surface area contributed by atoms with Gasteiger partial charge in [0.15, 0.2) is 5.03 Å². The number of hydrogen-bond donors (Lipinski definition) is 3. The van der Waals surface area contributed by atoms with Crippen LogP contribution in [0.5, 0.6) is 0 Å². The Hall–Kier alpha value is -1.01. The van der Waals surface area contributed by atoms with Gasteiger partial charge in [0, 0.05) is 19.6 Å². The molecule has 120 valence electrons. The molecule has 0 aliphatic carbocycles. The van der Waals surface area contributed by atoms with Crippen molar-refractivity contribution in [3.8, 4) is 0 Å². The van der Waals surface area contributed by atoms with Crippen LogP contribution in [0.2, 0.25) is 0 Å². The van der Waals surface area contributed by atoms with Crippen LogP contribution in [-0.2, 0) is 20.2 Å². The molecule has 1 unspecified atom stereocenters. The molecule has 1 aliphatic heterocycles. The zero-order valence-corrected chi connectivity index (χ0v) is 13.2. The van der Waals surface area contributed by atoms with Gasteiger partial charge >= 0.3 is 0 Å². The summed E-state index contributed by atoms with van der Waals surface area (Å²) in [6.07, 6.45) is 2.71. The lowest BCUT2D eigenvalue weighted by molar-refractivity contribution is 0.267. The summed E-state index contributed by atoms with van der Waals surface area (Å²) in [5.74, 6) is 0.425. The van der Waals surface area contributed by atoms with E-state index in [1.165, 1.54) is 10.5 Å². The minimum Gasteiger partial charge on any atom is -0.332 e. The first kappa shape index (κ1) is 16.4. The van der Waals surface area contributed by atoms with E-state index in [0.29, 0.717) is 18.8 Å². The highest BCUT2D eigenvalue weighted by molar-refractivity contribution is 7.89. The largest absolute Gasteiger partial charge is 0.332 e. The maximum absolute atomic E-state index is 12.4. The van der Waals surface area contributed by atoms with E-state index in [-0.39, 0.29) is 24.0 Å². The van der Waals surface area contributed by atoms with Crippen LogP contribution < -0.4 is 9.86 Å². The van der Waals surface area contributed by atoms with E-state index in [0.717, 1.165) is 6.42 Å². The fourth-order valence-corrected chi connectivity index (χ4v) is 4.30. The van der Waals surface area contributed by atoms with Crippen molar-refractivity contribution in [3.05, 3.63) is 12.0 Å². The molecule has 0 aromatic carbocycles.